The van der Waals surface area contributed by atoms with Crippen LogP contribution in [0.3, 0.4) is 0 Å². The van der Waals surface area contributed by atoms with Crippen molar-refractivity contribution in [2.45, 2.75) is 84.5 Å². The molecule has 0 saturated heterocycles. The van der Waals surface area contributed by atoms with Crippen molar-refractivity contribution in [3.05, 3.63) is 23.8 Å². The summed E-state index contributed by atoms with van der Waals surface area (Å²) in [5, 5.41) is 0. The van der Waals surface area contributed by atoms with Crippen molar-refractivity contribution < 1.29 is 0 Å². The van der Waals surface area contributed by atoms with Crippen molar-refractivity contribution in [3.63, 3.8) is 0 Å². The van der Waals surface area contributed by atoms with Crippen LogP contribution in [0.25, 0.3) is 0 Å². The Labute approximate surface area is 119 Å². The summed E-state index contributed by atoms with van der Waals surface area (Å²) in [6, 6.07) is 0. The third kappa shape index (κ3) is 6.70. The molecule has 1 unspecified atom stereocenters. The molecule has 108 valence electrons. The lowest BCUT2D eigenvalue weighted by atomic mass is 9.92. The van der Waals surface area contributed by atoms with Crippen LogP contribution in [0.15, 0.2) is 12.4 Å². The van der Waals surface area contributed by atoms with E-state index in [0.29, 0.717) is 5.92 Å². The summed E-state index contributed by atoms with van der Waals surface area (Å²) in [4.78, 5) is 9.00. The second-order valence-electron chi connectivity index (χ2n) is 5.62. The summed E-state index contributed by atoms with van der Waals surface area (Å²) in [5.41, 5.74) is 2.22. The van der Waals surface area contributed by atoms with E-state index in [1.807, 2.05) is 19.3 Å². The minimum Gasteiger partial charge on any atom is -0.258 e. The van der Waals surface area contributed by atoms with Gasteiger partial charge in [-0.1, -0.05) is 58.8 Å². The molecule has 1 aromatic heterocycles. The third-order valence-corrected chi connectivity index (χ3v) is 3.78. The molecule has 2 nitrogen and oxygen atoms in total. The molecule has 0 aliphatic rings. The molecule has 1 rings (SSSR count). The Kier molecular flexibility index (Phi) is 8.44. The molecule has 0 amide bonds. The van der Waals surface area contributed by atoms with E-state index in [2.05, 4.69) is 23.8 Å². The van der Waals surface area contributed by atoms with Crippen molar-refractivity contribution in [2.24, 2.45) is 0 Å². The smallest absolute Gasteiger partial charge is 0.0617 e. The zero-order valence-electron chi connectivity index (χ0n) is 13.0. The predicted molar refractivity (Wildman–Crippen MR) is 82.4 cm³/mol. The van der Waals surface area contributed by atoms with Crippen LogP contribution in [0.4, 0.5) is 0 Å². The predicted octanol–water partition coefficient (Wildman–Crippen LogP) is 5.42. The summed E-state index contributed by atoms with van der Waals surface area (Å²) in [7, 11) is 0. The monoisotopic (exact) mass is 262 g/mol. The quantitative estimate of drug-likeness (QED) is 0.526. The third-order valence-electron chi connectivity index (χ3n) is 3.78. The molecule has 0 radical (unpaired) electrons. The lowest BCUT2D eigenvalue weighted by Gasteiger charge is -2.16. The Morgan fingerprint density at radius 2 is 1.47 bits per heavy atom. The van der Waals surface area contributed by atoms with Gasteiger partial charge in [0.2, 0.25) is 0 Å². The van der Waals surface area contributed by atoms with Crippen LogP contribution in [0.1, 0.15) is 88.9 Å². The van der Waals surface area contributed by atoms with Gasteiger partial charge in [-0.3, -0.25) is 9.97 Å². The molecule has 0 aliphatic heterocycles. The Morgan fingerprint density at radius 1 is 0.842 bits per heavy atom. The van der Waals surface area contributed by atoms with Gasteiger partial charge in [-0.15, -0.1) is 0 Å². The highest BCUT2D eigenvalue weighted by atomic mass is 14.8. The van der Waals surface area contributed by atoms with Gasteiger partial charge in [0.15, 0.2) is 0 Å². The second kappa shape index (κ2) is 9.94. The van der Waals surface area contributed by atoms with Crippen LogP contribution in [0, 0.1) is 6.92 Å². The van der Waals surface area contributed by atoms with Crippen LogP contribution in [0.2, 0.25) is 0 Å². The first-order valence-corrected chi connectivity index (χ1v) is 8.06. The van der Waals surface area contributed by atoms with E-state index in [-0.39, 0.29) is 0 Å². The fourth-order valence-electron chi connectivity index (χ4n) is 2.51. The summed E-state index contributed by atoms with van der Waals surface area (Å²) < 4.78 is 0. The van der Waals surface area contributed by atoms with E-state index < -0.39 is 0 Å². The van der Waals surface area contributed by atoms with E-state index in [0.717, 1.165) is 5.69 Å². The van der Waals surface area contributed by atoms with Crippen LogP contribution in [0.5, 0.6) is 0 Å². The van der Waals surface area contributed by atoms with Gasteiger partial charge >= 0.3 is 0 Å². The normalized spacial score (nSPS) is 12.6. The maximum atomic E-state index is 4.59. The van der Waals surface area contributed by atoms with E-state index in [4.69, 9.17) is 0 Å². The number of hydrogen-bond acceptors (Lipinski definition) is 2. The van der Waals surface area contributed by atoms with E-state index >= 15 is 0 Å². The summed E-state index contributed by atoms with van der Waals surface area (Å²) >= 11 is 0. The van der Waals surface area contributed by atoms with Crippen LogP contribution in [-0.2, 0) is 0 Å². The standard InChI is InChI=1S/C17H30N2/c1-4-6-8-10-12-16(11-9-7-5-2)17-14-18-15(3)13-19-17/h13-14,16H,4-12H2,1-3H3. The molecule has 0 aromatic carbocycles. The number of hydrogen-bond donors (Lipinski definition) is 0. The first kappa shape index (κ1) is 16.1. The van der Waals surface area contributed by atoms with Crippen molar-refractivity contribution in [1.29, 1.82) is 0 Å². The first-order chi connectivity index (χ1) is 9.27. The molecule has 2 heteroatoms. The molecule has 0 spiro atoms. The van der Waals surface area contributed by atoms with Crippen molar-refractivity contribution in [1.82, 2.24) is 9.97 Å². The maximum Gasteiger partial charge on any atom is 0.0617 e. The summed E-state index contributed by atoms with van der Waals surface area (Å²) in [6.45, 7) is 6.54. The SMILES string of the molecule is CCCCCCC(CCCCC)c1cnc(C)cn1. The van der Waals surface area contributed by atoms with Gasteiger partial charge in [0.1, 0.15) is 0 Å². The number of unbranched alkanes of at least 4 members (excludes halogenated alkanes) is 5. The van der Waals surface area contributed by atoms with Gasteiger partial charge in [-0.25, -0.2) is 0 Å². The van der Waals surface area contributed by atoms with Crippen LogP contribution >= 0.6 is 0 Å². The zero-order valence-corrected chi connectivity index (χ0v) is 13.0. The van der Waals surface area contributed by atoms with Gasteiger partial charge in [0.05, 0.1) is 11.4 Å². The van der Waals surface area contributed by atoms with Crippen LogP contribution < -0.4 is 0 Å². The van der Waals surface area contributed by atoms with E-state index in [1.165, 1.54) is 63.5 Å². The summed E-state index contributed by atoms with van der Waals surface area (Å²) in [6.07, 6.45) is 15.8. The Balaban J connectivity index is 2.49. The molecule has 0 saturated carbocycles. The minimum absolute atomic E-state index is 0.622. The van der Waals surface area contributed by atoms with Gasteiger partial charge < -0.3 is 0 Å². The fourth-order valence-corrected chi connectivity index (χ4v) is 2.51. The molecule has 0 fully saturated rings. The molecule has 19 heavy (non-hydrogen) atoms. The molecular formula is C17H30N2. The Hall–Kier alpha value is -0.920. The summed E-state index contributed by atoms with van der Waals surface area (Å²) in [5.74, 6) is 0.622. The van der Waals surface area contributed by atoms with E-state index in [9.17, 15) is 0 Å². The van der Waals surface area contributed by atoms with Gasteiger partial charge in [0, 0.05) is 18.3 Å². The molecule has 1 aromatic rings. The number of aryl methyl sites for hydroxylation is 1. The van der Waals surface area contributed by atoms with Crippen molar-refractivity contribution >= 4 is 0 Å². The average Bonchev–Trinajstić information content (AvgIpc) is 2.43. The average molecular weight is 262 g/mol. The highest BCUT2D eigenvalue weighted by Gasteiger charge is 2.12. The highest BCUT2D eigenvalue weighted by molar-refractivity contribution is 5.06. The number of nitrogens with zero attached hydrogens (tertiary/aromatic N) is 2. The Bertz CT molecular complexity index is 319. The molecule has 1 atom stereocenters. The first-order valence-electron chi connectivity index (χ1n) is 8.06. The topological polar surface area (TPSA) is 25.8 Å². The molecule has 0 aliphatic carbocycles. The molecule has 0 N–H and O–H groups in total. The van der Waals surface area contributed by atoms with Crippen molar-refractivity contribution in [3.8, 4) is 0 Å². The van der Waals surface area contributed by atoms with Gasteiger partial charge in [-0.2, -0.15) is 0 Å². The Morgan fingerprint density at radius 3 is 2.05 bits per heavy atom. The fraction of sp³-hybridized carbons (Fsp3) is 0.765. The van der Waals surface area contributed by atoms with Gasteiger partial charge in [-0.05, 0) is 19.8 Å². The lowest BCUT2D eigenvalue weighted by molar-refractivity contribution is 0.491. The molecule has 1 heterocycles. The molecule has 0 bridgehead atoms. The lowest BCUT2D eigenvalue weighted by Crippen LogP contribution is -2.03. The number of aromatic nitrogens is 2. The zero-order chi connectivity index (χ0) is 13.9. The van der Waals surface area contributed by atoms with E-state index in [1.54, 1.807) is 0 Å². The van der Waals surface area contributed by atoms with Crippen LogP contribution in [-0.4, -0.2) is 9.97 Å². The van der Waals surface area contributed by atoms with Crippen molar-refractivity contribution in [2.75, 3.05) is 0 Å². The maximum absolute atomic E-state index is 4.59. The largest absolute Gasteiger partial charge is 0.258 e. The minimum atomic E-state index is 0.622. The molecular weight excluding hydrogens is 232 g/mol. The number of rotatable bonds is 10. The van der Waals surface area contributed by atoms with Gasteiger partial charge in [0.25, 0.3) is 0 Å². The second-order valence-corrected chi connectivity index (χ2v) is 5.62. The highest BCUT2D eigenvalue weighted by Crippen LogP contribution is 2.26.